The van der Waals surface area contributed by atoms with Gasteiger partial charge in [0.2, 0.25) is 11.8 Å². The van der Waals surface area contributed by atoms with Crippen molar-refractivity contribution in [1.29, 1.82) is 0 Å². The van der Waals surface area contributed by atoms with Crippen LogP contribution in [0.2, 0.25) is 0 Å². The summed E-state index contributed by atoms with van der Waals surface area (Å²) in [7, 11) is 1.58. The maximum Gasteiger partial charge on any atom is 0.242 e. The topological polar surface area (TPSA) is 80.6 Å². The molecular formula is C19H18N2O4. The summed E-state index contributed by atoms with van der Waals surface area (Å²) in [5.74, 6) is 0.0901. The van der Waals surface area contributed by atoms with Gasteiger partial charge in [0.05, 0.1) is 26.2 Å². The van der Waals surface area contributed by atoms with Crippen molar-refractivity contribution in [2.45, 2.75) is 12.8 Å². The van der Waals surface area contributed by atoms with E-state index in [9.17, 15) is 9.59 Å². The van der Waals surface area contributed by atoms with Crippen molar-refractivity contribution >= 4 is 22.8 Å². The number of ether oxygens (including phenoxy) is 1. The van der Waals surface area contributed by atoms with Gasteiger partial charge in [-0.3, -0.25) is 20.4 Å². The molecule has 0 aliphatic heterocycles. The maximum atomic E-state index is 12.0. The minimum absolute atomic E-state index is 0.102. The van der Waals surface area contributed by atoms with Gasteiger partial charge in [-0.2, -0.15) is 0 Å². The summed E-state index contributed by atoms with van der Waals surface area (Å²) >= 11 is 0. The van der Waals surface area contributed by atoms with Gasteiger partial charge in [0, 0.05) is 17.0 Å². The largest absolute Gasteiger partial charge is 0.497 e. The number of benzene rings is 2. The number of rotatable bonds is 5. The second-order valence-electron chi connectivity index (χ2n) is 5.56. The molecule has 0 bridgehead atoms. The summed E-state index contributed by atoms with van der Waals surface area (Å²) in [6.07, 6.45) is 1.84. The normalized spacial score (nSPS) is 10.4. The van der Waals surface area contributed by atoms with E-state index in [1.807, 2.05) is 36.4 Å². The Kier molecular flexibility index (Phi) is 4.99. The van der Waals surface area contributed by atoms with E-state index in [1.54, 1.807) is 19.2 Å². The standard InChI is InChI=1S/C19H18N2O4/c1-24-15-7-8-16-14(12-25-17(16)11-15)10-19(23)21-20-18(22)9-13-5-3-2-4-6-13/h2-8,11-12H,9-10H2,1H3,(H,20,22)(H,21,23). The molecule has 6 nitrogen and oxygen atoms in total. The van der Waals surface area contributed by atoms with Gasteiger partial charge >= 0.3 is 0 Å². The van der Waals surface area contributed by atoms with E-state index >= 15 is 0 Å². The molecule has 0 saturated carbocycles. The first-order valence-corrected chi connectivity index (χ1v) is 7.81. The Bertz CT molecular complexity index is 887. The number of methoxy groups -OCH3 is 1. The van der Waals surface area contributed by atoms with E-state index in [1.165, 1.54) is 6.26 Å². The lowest BCUT2D eigenvalue weighted by molar-refractivity contribution is -0.128. The van der Waals surface area contributed by atoms with Crippen LogP contribution in [0.1, 0.15) is 11.1 Å². The number of nitrogens with one attached hydrogen (secondary N) is 2. The first kappa shape index (κ1) is 16.6. The molecule has 1 aromatic heterocycles. The Balaban J connectivity index is 1.55. The SMILES string of the molecule is COc1ccc2c(CC(=O)NNC(=O)Cc3ccccc3)coc2c1. The second-order valence-corrected chi connectivity index (χ2v) is 5.56. The lowest BCUT2D eigenvalue weighted by atomic mass is 10.1. The van der Waals surface area contributed by atoms with E-state index in [0.29, 0.717) is 11.3 Å². The van der Waals surface area contributed by atoms with Gasteiger partial charge in [0.1, 0.15) is 11.3 Å². The number of amides is 2. The van der Waals surface area contributed by atoms with Crippen molar-refractivity contribution in [3.05, 3.63) is 65.9 Å². The van der Waals surface area contributed by atoms with Gasteiger partial charge in [-0.15, -0.1) is 0 Å². The zero-order valence-corrected chi connectivity index (χ0v) is 13.7. The van der Waals surface area contributed by atoms with Gasteiger partial charge < -0.3 is 9.15 Å². The molecule has 0 unspecified atom stereocenters. The molecular weight excluding hydrogens is 320 g/mol. The van der Waals surface area contributed by atoms with Crippen molar-refractivity contribution in [1.82, 2.24) is 10.9 Å². The third kappa shape index (κ3) is 4.17. The lowest BCUT2D eigenvalue weighted by Crippen LogP contribution is -2.43. The quantitative estimate of drug-likeness (QED) is 0.700. The molecule has 2 amide bonds. The Hall–Kier alpha value is -3.28. The van der Waals surface area contributed by atoms with Crippen molar-refractivity contribution < 1.29 is 18.7 Å². The molecule has 0 fully saturated rings. The van der Waals surface area contributed by atoms with Crippen LogP contribution in [0, 0.1) is 0 Å². The number of hydrogen-bond donors (Lipinski definition) is 2. The average molecular weight is 338 g/mol. The summed E-state index contributed by atoms with van der Waals surface area (Å²) in [4.78, 5) is 23.9. The van der Waals surface area contributed by atoms with Gasteiger partial charge in [-0.25, -0.2) is 0 Å². The molecule has 0 saturated heterocycles. The van der Waals surface area contributed by atoms with Crippen molar-refractivity contribution in [2.24, 2.45) is 0 Å². The van der Waals surface area contributed by atoms with Crippen LogP contribution in [-0.2, 0) is 22.4 Å². The van der Waals surface area contributed by atoms with E-state index < -0.39 is 0 Å². The van der Waals surface area contributed by atoms with Crippen molar-refractivity contribution in [2.75, 3.05) is 7.11 Å². The summed E-state index contributed by atoms with van der Waals surface area (Å²) in [5, 5.41) is 0.839. The zero-order valence-electron chi connectivity index (χ0n) is 13.7. The minimum Gasteiger partial charge on any atom is -0.497 e. The third-order valence-electron chi connectivity index (χ3n) is 3.76. The molecule has 0 radical (unpaired) electrons. The molecule has 2 N–H and O–H groups in total. The highest BCUT2D eigenvalue weighted by molar-refractivity contribution is 5.89. The first-order chi connectivity index (χ1) is 12.2. The lowest BCUT2D eigenvalue weighted by Gasteiger charge is -2.07. The molecule has 25 heavy (non-hydrogen) atoms. The fourth-order valence-corrected chi connectivity index (χ4v) is 2.51. The molecule has 0 spiro atoms. The highest BCUT2D eigenvalue weighted by atomic mass is 16.5. The second kappa shape index (κ2) is 7.53. The predicted molar refractivity (Wildman–Crippen MR) is 92.9 cm³/mol. The maximum absolute atomic E-state index is 12.0. The van der Waals surface area contributed by atoms with E-state index in [-0.39, 0.29) is 24.7 Å². The number of furan rings is 1. The summed E-state index contributed by atoms with van der Waals surface area (Å²) in [6, 6.07) is 14.7. The Morgan fingerprint density at radius 1 is 1.00 bits per heavy atom. The van der Waals surface area contributed by atoms with E-state index in [0.717, 1.165) is 16.5 Å². The number of carbonyl (C=O) groups is 2. The molecule has 0 aliphatic carbocycles. The van der Waals surface area contributed by atoms with Gasteiger partial charge in [0.25, 0.3) is 0 Å². The molecule has 3 rings (SSSR count). The van der Waals surface area contributed by atoms with Crippen LogP contribution in [0.4, 0.5) is 0 Å². The average Bonchev–Trinajstić information content (AvgIpc) is 3.03. The van der Waals surface area contributed by atoms with Crippen LogP contribution in [0.5, 0.6) is 5.75 Å². The molecule has 6 heteroatoms. The summed E-state index contributed by atoms with van der Waals surface area (Å²) < 4.78 is 10.6. The zero-order chi connectivity index (χ0) is 17.6. The van der Waals surface area contributed by atoms with Crippen LogP contribution >= 0.6 is 0 Å². The minimum atomic E-state index is -0.320. The third-order valence-corrected chi connectivity index (χ3v) is 3.76. The summed E-state index contributed by atoms with van der Waals surface area (Å²) in [5.41, 5.74) is 7.11. The van der Waals surface area contributed by atoms with Gasteiger partial charge in [0.15, 0.2) is 0 Å². The van der Waals surface area contributed by atoms with Crippen LogP contribution in [-0.4, -0.2) is 18.9 Å². The smallest absolute Gasteiger partial charge is 0.242 e. The molecule has 0 aliphatic rings. The fraction of sp³-hybridized carbons (Fsp3) is 0.158. The van der Waals surface area contributed by atoms with E-state index in [4.69, 9.17) is 9.15 Å². The predicted octanol–water partition coefficient (Wildman–Crippen LogP) is 2.37. The first-order valence-electron chi connectivity index (χ1n) is 7.81. The number of hydrazine groups is 1. The molecule has 0 atom stereocenters. The van der Waals surface area contributed by atoms with Crippen molar-refractivity contribution in [3.8, 4) is 5.75 Å². The number of fused-ring (bicyclic) bond motifs is 1. The number of hydrogen-bond acceptors (Lipinski definition) is 4. The monoisotopic (exact) mass is 338 g/mol. The summed E-state index contributed by atoms with van der Waals surface area (Å²) in [6.45, 7) is 0. The number of carbonyl (C=O) groups excluding carboxylic acids is 2. The highest BCUT2D eigenvalue weighted by Gasteiger charge is 2.12. The van der Waals surface area contributed by atoms with Crippen LogP contribution in [0.25, 0.3) is 11.0 Å². The van der Waals surface area contributed by atoms with Crippen molar-refractivity contribution in [3.63, 3.8) is 0 Å². The van der Waals surface area contributed by atoms with E-state index in [2.05, 4.69) is 10.9 Å². The van der Waals surface area contributed by atoms with Crippen LogP contribution in [0.15, 0.2) is 59.2 Å². The van der Waals surface area contributed by atoms with Crippen LogP contribution in [0.3, 0.4) is 0 Å². The molecule has 1 heterocycles. The fourth-order valence-electron chi connectivity index (χ4n) is 2.51. The molecule has 128 valence electrons. The van der Waals surface area contributed by atoms with Gasteiger partial charge in [-0.1, -0.05) is 30.3 Å². The molecule has 3 aromatic rings. The molecule has 2 aromatic carbocycles. The Morgan fingerprint density at radius 3 is 2.44 bits per heavy atom. The highest BCUT2D eigenvalue weighted by Crippen LogP contribution is 2.25. The Labute approximate surface area is 144 Å². The van der Waals surface area contributed by atoms with Crippen LogP contribution < -0.4 is 15.6 Å². The van der Waals surface area contributed by atoms with Gasteiger partial charge in [-0.05, 0) is 17.7 Å². The Morgan fingerprint density at radius 2 is 1.72 bits per heavy atom.